The number of esters is 1. The zero-order valence-electron chi connectivity index (χ0n) is 16.9. The third-order valence-electron chi connectivity index (χ3n) is 4.34. The molecule has 154 valence electrons. The Hall–Kier alpha value is -2.28. The van der Waals surface area contributed by atoms with Gasteiger partial charge < -0.3 is 14.8 Å². The molecule has 0 aromatic heterocycles. The molecule has 1 heterocycles. The number of carbonyl (C=O) groups excluding carboxylic acids is 3. The molecular weight excluding hydrogens is 384 g/mol. The van der Waals surface area contributed by atoms with E-state index in [1.807, 2.05) is 0 Å². The van der Waals surface area contributed by atoms with Crippen LogP contribution in [0.4, 0.5) is 10.5 Å². The van der Waals surface area contributed by atoms with Crippen molar-refractivity contribution in [3.8, 4) is 0 Å². The number of amides is 2. The van der Waals surface area contributed by atoms with E-state index >= 15 is 0 Å². The number of rotatable bonds is 4. The zero-order chi connectivity index (χ0) is 21.1. The lowest BCUT2D eigenvalue weighted by molar-refractivity contribution is -0.157. The van der Waals surface area contributed by atoms with Crippen LogP contribution in [0, 0.1) is 6.92 Å². The fraction of sp³-hybridized carbons (Fsp3) is 0.550. The first kappa shape index (κ1) is 22.0. The van der Waals surface area contributed by atoms with E-state index in [0.717, 1.165) is 5.56 Å². The highest BCUT2D eigenvalue weighted by atomic mass is 35.5. The second-order valence-corrected chi connectivity index (χ2v) is 8.22. The van der Waals surface area contributed by atoms with Crippen molar-refractivity contribution in [2.75, 3.05) is 11.9 Å². The van der Waals surface area contributed by atoms with Crippen LogP contribution in [0.5, 0.6) is 0 Å². The summed E-state index contributed by atoms with van der Waals surface area (Å²) in [5, 5.41) is 3.24. The fourth-order valence-corrected chi connectivity index (χ4v) is 3.01. The van der Waals surface area contributed by atoms with Crippen LogP contribution < -0.4 is 5.32 Å². The molecule has 1 saturated heterocycles. The molecule has 1 aromatic carbocycles. The summed E-state index contributed by atoms with van der Waals surface area (Å²) in [5.41, 5.74) is 0.621. The molecule has 1 N–H and O–H groups in total. The van der Waals surface area contributed by atoms with Crippen LogP contribution in [0.2, 0.25) is 5.02 Å². The average Bonchev–Trinajstić information content (AvgIpc) is 3.07. The van der Waals surface area contributed by atoms with Crippen LogP contribution >= 0.6 is 11.6 Å². The molecule has 0 aliphatic carbocycles. The number of ether oxygens (including phenoxy) is 2. The van der Waals surface area contributed by atoms with Crippen LogP contribution in [0.3, 0.4) is 0 Å². The quantitative estimate of drug-likeness (QED) is 0.760. The number of nitrogens with zero attached hydrogens (tertiary/aromatic N) is 1. The molecule has 1 aliphatic heterocycles. The molecule has 2 amide bonds. The maximum absolute atomic E-state index is 12.5. The Balaban J connectivity index is 1.97. The minimum Gasteiger partial charge on any atom is -0.451 e. The Morgan fingerprint density at radius 3 is 2.61 bits per heavy atom. The van der Waals surface area contributed by atoms with E-state index in [0.29, 0.717) is 30.1 Å². The maximum atomic E-state index is 12.5. The standard InChI is InChI=1S/C20H27ClN2O5/c1-12-14(21)8-6-9-15(12)22-17(24)13(2)27-18(25)16-10-7-11-23(16)19(26)28-20(3,4)5/h6,8-9,13,16H,7,10-11H2,1-5H3,(H,22,24)/t13-,16-/m0/s1. The van der Waals surface area contributed by atoms with Crippen molar-refractivity contribution in [2.45, 2.75) is 65.2 Å². The molecule has 2 atom stereocenters. The van der Waals surface area contributed by atoms with Gasteiger partial charge in [0.15, 0.2) is 6.10 Å². The Kier molecular flexibility index (Phi) is 6.93. The normalized spacial score (nSPS) is 17.8. The van der Waals surface area contributed by atoms with Crippen LogP contribution in [0.15, 0.2) is 18.2 Å². The molecule has 1 fully saturated rings. The van der Waals surface area contributed by atoms with Gasteiger partial charge in [-0.05, 0) is 65.2 Å². The number of benzene rings is 1. The summed E-state index contributed by atoms with van der Waals surface area (Å²) in [4.78, 5) is 38.6. The molecule has 7 nitrogen and oxygen atoms in total. The summed E-state index contributed by atoms with van der Waals surface area (Å²) >= 11 is 6.05. The molecule has 0 unspecified atom stereocenters. The van der Waals surface area contributed by atoms with Gasteiger partial charge in [-0.25, -0.2) is 9.59 Å². The fourth-order valence-electron chi connectivity index (χ4n) is 2.83. The smallest absolute Gasteiger partial charge is 0.411 e. The second-order valence-electron chi connectivity index (χ2n) is 7.81. The number of anilines is 1. The van der Waals surface area contributed by atoms with Gasteiger partial charge in [0.2, 0.25) is 0 Å². The molecular formula is C20H27ClN2O5. The van der Waals surface area contributed by atoms with E-state index in [4.69, 9.17) is 21.1 Å². The van der Waals surface area contributed by atoms with Gasteiger partial charge in [0.1, 0.15) is 11.6 Å². The average molecular weight is 411 g/mol. The van der Waals surface area contributed by atoms with Crippen molar-refractivity contribution in [1.29, 1.82) is 0 Å². The molecule has 0 saturated carbocycles. The van der Waals surface area contributed by atoms with Crippen molar-refractivity contribution >= 4 is 35.3 Å². The number of halogens is 1. The zero-order valence-corrected chi connectivity index (χ0v) is 17.6. The number of carbonyl (C=O) groups is 3. The predicted octanol–water partition coefficient (Wildman–Crippen LogP) is 3.92. The minimum atomic E-state index is -1.02. The minimum absolute atomic E-state index is 0.414. The molecule has 1 aliphatic rings. The molecule has 0 radical (unpaired) electrons. The predicted molar refractivity (Wildman–Crippen MR) is 106 cm³/mol. The third kappa shape index (κ3) is 5.61. The van der Waals surface area contributed by atoms with Crippen LogP contribution in [0.25, 0.3) is 0 Å². The SMILES string of the molecule is Cc1c(Cl)cccc1NC(=O)[C@H](C)OC(=O)[C@@H]1CCCN1C(=O)OC(C)(C)C. The van der Waals surface area contributed by atoms with Crippen molar-refractivity contribution in [2.24, 2.45) is 0 Å². The van der Waals surface area contributed by atoms with Crippen LogP contribution in [-0.4, -0.2) is 47.2 Å². The van der Waals surface area contributed by atoms with Gasteiger partial charge in [-0.15, -0.1) is 0 Å². The molecule has 0 bridgehead atoms. The lowest BCUT2D eigenvalue weighted by Crippen LogP contribution is -2.45. The summed E-state index contributed by atoms with van der Waals surface area (Å²) in [6.45, 7) is 8.97. The molecule has 1 aromatic rings. The van der Waals surface area contributed by atoms with Crippen molar-refractivity contribution in [3.05, 3.63) is 28.8 Å². The lowest BCUT2D eigenvalue weighted by atomic mass is 10.2. The summed E-state index contributed by atoms with van der Waals surface area (Å²) in [6, 6.07) is 4.41. The summed E-state index contributed by atoms with van der Waals surface area (Å²) < 4.78 is 10.7. The summed E-state index contributed by atoms with van der Waals surface area (Å²) in [5.74, 6) is -1.09. The highest BCUT2D eigenvalue weighted by Crippen LogP contribution is 2.24. The first-order valence-corrected chi connectivity index (χ1v) is 9.63. The van der Waals surface area contributed by atoms with Crippen molar-refractivity contribution in [1.82, 2.24) is 4.90 Å². The number of likely N-dealkylation sites (tertiary alicyclic amines) is 1. The van der Waals surface area contributed by atoms with Gasteiger partial charge in [-0.3, -0.25) is 9.69 Å². The largest absolute Gasteiger partial charge is 0.451 e. The molecule has 2 rings (SSSR count). The van der Waals surface area contributed by atoms with E-state index in [1.165, 1.54) is 11.8 Å². The monoisotopic (exact) mass is 410 g/mol. The van der Waals surface area contributed by atoms with Gasteiger partial charge in [0.25, 0.3) is 5.91 Å². The maximum Gasteiger partial charge on any atom is 0.411 e. The Morgan fingerprint density at radius 2 is 1.96 bits per heavy atom. The van der Waals surface area contributed by atoms with E-state index in [9.17, 15) is 14.4 Å². The molecule has 0 spiro atoms. The first-order chi connectivity index (χ1) is 13.0. The van der Waals surface area contributed by atoms with Gasteiger partial charge in [0.05, 0.1) is 0 Å². The Bertz CT molecular complexity index is 759. The van der Waals surface area contributed by atoms with Crippen molar-refractivity contribution in [3.63, 3.8) is 0 Å². The van der Waals surface area contributed by atoms with Gasteiger partial charge >= 0.3 is 12.1 Å². The topological polar surface area (TPSA) is 84.9 Å². The molecule has 8 heteroatoms. The first-order valence-electron chi connectivity index (χ1n) is 9.25. The van der Waals surface area contributed by atoms with E-state index in [-0.39, 0.29) is 0 Å². The highest BCUT2D eigenvalue weighted by molar-refractivity contribution is 6.31. The van der Waals surface area contributed by atoms with Gasteiger partial charge in [-0.2, -0.15) is 0 Å². The van der Waals surface area contributed by atoms with E-state index in [2.05, 4.69) is 5.32 Å². The lowest BCUT2D eigenvalue weighted by Gasteiger charge is -2.28. The van der Waals surface area contributed by atoms with E-state index < -0.39 is 35.7 Å². The summed E-state index contributed by atoms with van der Waals surface area (Å²) in [7, 11) is 0. The van der Waals surface area contributed by atoms with Gasteiger partial charge in [-0.1, -0.05) is 17.7 Å². The van der Waals surface area contributed by atoms with Gasteiger partial charge in [0, 0.05) is 17.3 Å². The molecule has 28 heavy (non-hydrogen) atoms. The van der Waals surface area contributed by atoms with E-state index in [1.54, 1.807) is 45.9 Å². The Labute approximate surface area is 170 Å². The van der Waals surface area contributed by atoms with Crippen LogP contribution in [0.1, 0.15) is 46.1 Å². The van der Waals surface area contributed by atoms with Crippen LogP contribution in [-0.2, 0) is 19.1 Å². The number of hydrogen-bond donors (Lipinski definition) is 1. The highest BCUT2D eigenvalue weighted by Gasteiger charge is 2.38. The number of hydrogen-bond acceptors (Lipinski definition) is 5. The number of nitrogens with one attached hydrogen (secondary N) is 1. The Morgan fingerprint density at radius 1 is 1.29 bits per heavy atom. The second kappa shape index (κ2) is 8.82. The van der Waals surface area contributed by atoms with Crippen molar-refractivity contribution < 1.29 is 23.9 Å². The summed E-state index contributed by atoms with van der Waals surface area (Å²) in [6.07, 6.45) is -0.438. The third-order valence-corrected chi connectivity index (χ3v) is 4.75.